The van der Waals surface area contributed by atoms with Gasteiger partial charge < -0.3 is 19.9 Å². The van der Waals surface area contributed by atoms with Crippen LogP contribution >= 0.6 is 0 Å². The molecule has 0 radical (unpaired) electrons. The number of methoxy groups -OCH3 is 1. The quantitative estimate of drug-likeness (QED) is 0.818. The summed E-state index contributed by atoms with van der Waals surface area (Å²) < 4.78 is 10.4. The third kappa shape index (κ3) is 4.04. The molecule has 1 fully saturated rings. The molecule has 21 heavy (non-hydrogen) atoms. The standard InChI is InChI=1S/C15H25N3O3/c1-11-13(12(2)21-18-11)8-14(19)17-9-15(10-20-3)4-6-16-7-5-15/h16H,4-10H2,1-3H3,(H,17,19). The second kappa shape index (κ2) is 7.04. The van der Waals surface area contributed by atoms with Crippen LogP contribution in [0.2, 0.25) is 0 Å². The van der Waals surface area contributed by atoms with Crippen LogP contribution in [0.25, 0.3) is 0 Å². The molecule has 2 N–H and O–H groups in total. The average molecular weight is 295 g/mol. The first-order valence-corrected chi connectivity index (χ1v) is 7.44. The lowest BCUT2D eigenvalue weighted by Gasteiger charge is -2.37. The predicted octanol–water partition coefficient (Wildman–Crippen LogP) is 0.966. The number of nitrogens with one attached hydrogen (secondary N) is 2. The fourth-order valence-corrected chi connectivity index (χ4v) is 2.90. The zero-order chi connectivity index (χ0) is 15.3. The first kappa shape index (κ1) is 16.0. The number of carbonyl (C=O) groups excluding carboxylic acids is 1. The van der Waals surface area contributed by atoms with Gasteiger partial charge in [-0.3, -0.25) is 4.79 Å². The number of hydrogen-bond donors (Lipinski definition) is 2. The van der Waals surface area contributed by atoms with E-state index in [1.54, 1.807) is 7.11 Å². The van der Waals surface area contributed by atoms with E-state index in [9.17, 15) is 4.79 Å². The minimum absolute atomic E-state index is 0.0124. The highest BCUT2D eigenvalue weighted by Crippen LogP contribution is 2.28. The molecule has 0 aromatic carbocycles. The molecule has 1 saturated heterocycles. The molecule has 0 saturated carbocycles. The largest absolute Gasteiger partial charge is 0.384 e. The van der Waals surface area contributed by atoms with E-state index in [1.807, 2.05) is 13.8 Å². The molecule has 2 rings (SSSR count). The molecule has 0 bridgehead atoms. The van der Waals surface area contributed by atoms with Crippen LogP contribution in [-0.2, 0) is 16.0 Å². The van der Waals surface area contributed by atoms with Crippen LogP contribution in [0.1, 0.15) is 29.9 Å². The van der Waals surface area contributed by atoms with Crippen molar-refractivity contribution in [2.24, 2.45) is 5.41 Å². The Labute approximate surface area is 125 Å². The number of ether oxygens (including phenoxy) is 1. The lowest BCUT2D eigenvalue weighted by Crippen LogP contribution is -2.47. The van der Waals surface area contributed by atoms with Crippen molar-refractivity contribution in [2.75, 3.05) is 33.4 Å². The van der Waals surface area contributed by atoms with Crippen LogP contribution in [0.5, 0.6) is 0 Å². The fourth-order valence-electron chi connectivity index (χ4n) is 2.90. The molecule has 1 amide bonds. The number of amides is 1. The van der Waals surface area contributed by atoms with Gasteiger partial charge >= 0.3 is 0 Å². The molecule has 1 aliphatic rings. The molecular formula is C15H25N3O3. The fraction of sp³-hybridized carbons (Fsp3) is 0.733. The third-order valence-corrected chi connectivity index (χ3v) is 4.29. The van der Waals surface area contributed by atoms with Crippen LogP contribution < -0.4 is 10.6 Å². The third-order valence-electron chi connectivity index (χ3n) is 4.29. The molecule has 1 aliphatic heterocycles. The number of hydrogen-bond acceptors (Lipinski definition) is 5. The maximum Gasteiger partial charge on any atom is 0.224 e. The summed E-state index contributed by atoms with van der Waals surface area (Å²) in [6.45, 7) is 6.98. The highest BCUT2D eigenvalue weighted by Gasteiger charge is 2.32. The first-order chi connectivity index (χ1) is 10.1. The Morgan fingerprint density at radius 2 is 2.14 bits per heavy atom. The van der Waals surface area contributed by atoms with Gasteiger partial charge in [-0.15, -0.1) is 0 Å². The summed E-state index contributed by atoms with van der Waals surface area (Å²) in [5.41, 5.74) is 1.73. The van der Waals surface area contributed by atoms with E-state index in [0.717, 1.165) is 42.9 Å². The van der Waals surface area contributed by atoms with E-state index >= 15 is 0 Å². The van der Waals surface area contributed by atoms with E-state index < -0.39 is 0 Å². The molecule has 0 unspecified atom stereocenters. The van der Waals surface area contributed by atoms with Gasteiger partial charge in [-0.05, 0) is 39.8 Å². The molecule has 0 spiro atoms. The first-order valence-electron chi connectivity index (χ1n) is 7.44. The van der Waals surface area contributed by atoms with Gasteiger partial charge in [-0.2, -0.15) is 0 Å². The van der Waals surface area contributed by atoms with E-state index in [1.165, 1.54) is 0 Å². The molecular weight excluding hydrogens is 270 g/mol. The number of carbonyl (C=O) groups is 1. The van der Waals surface area contributed by atoms with Gasteiger partial charge in [0.15, 0.2) is 0 Å². The van der Waals surface area contributed by atoms with Gasteiger partial charge in [-0.25, -0.2) is 0 Å². The van der Waals surface area contributed by atoms with E-state index in [4.69, 9.17) is 9.26 Å². The summed E-state index contributed by atoms with van der Waals surface area (Å²) >= 11 is 0. The van der Waals surface area contributed by atoms with Gasteiger partial charge in [0.2, 0.25) is 5.91 Å². The van der Waals surface area contributed by atoms with Crippen molar-refractivity contribution in [3.05, 3.63) is 17.0 Å². The van der Waals surface area contributed by atoms with Crippen LogP contribution in [0.4, 0.5) is 0 Å². The maximum atomic E-state index is 12.2. The Morgan fingerprint density at radius 3 is 2.71 bits per heavy atom. The summed E-state index contributed by atoms with van der Waals surface area (Å²) in [6, 6.07) is 0. The van der Waals surface area contributed by atoms with E-state index in [2.05, 4.69) is 15.8 Å². The predicted molar refractivity (Wildman–Crippen MR) is 79.1 cm³/mol. The van der Waals surface area contributed by atoms with Crippen molar-refractivity contribution < 1.29 is 14.1 Å². The Bertz CT molecular complexity index is 453. The molecule has 1 aromatic heterocycles. The Morgan fingerprint density at radius 1 is 1.43 bits per heavy atom. The van der Waals surface area contributed by atoms with Crippen LogP contribution in [0.3, 0.4) is 0 Å². The van der Waals surface area contributed by atoms with Crippen LogP contribution in [-0.4, -0.2) is 44.4 Å². The van der Waals surface area contributed by atoms with Gasteiger partial charge in [0, 0.05) is 24.6 Å². The zero-order valence-electron chi connectivity index (χ0n) is 13.1. The summed E-state index contributed by atoms with van der Waals surface area (Å²) in [5, 5.41) is 10.3. The van der Waals surface area contributed by atoms with E-state index in [0.29, 0.717) is 19.6 Å². The molecule has 6 heteroatoms. The average Bonchev–Trinajstić information content (AvgIpc) is 2.78. The molecule has 2 heterocycles. The Kier molecular flexibility index (Phi) is 5.36. The number of piperidine rings is 1. The number of aromatic nitrogens is 1. The van der Waals surface area contributed by atoms with Crippen molar-refractivity contribution in [2.45, 2.75) is 33.1 Å². The highest BCUT2D eigenvalue weighted by atomic mass is 16.5. The minimum atomic E-state index is 0.0124. The lowest BCUT2D eigenvalue weighted by atomic mass is 9.79. The summed E-state index contributed by atoms with van der Waals surface area (Å²) in [4.78, 5) is 12.2. The van der Waals surface area contributed by atoms with Crippen molar-refractivity contribution in [3.8, 4) is 0 Å². The molecule has 0 atom stereocenters. The van der Waals surface area contributed by atoms with Crippen LogP contribution in [0.15, 0.2) is 4.52 Å². The van der Waals surface area contributed by atoms with Crippen LogP contribution in [0, 0.1) is 19.3 Å². The normalized spacial score (nSPS) is 17.7. The summed E-state index contributed by atoms with van der Waals surface area (Å²) in [7, 11) is 1.72. The lowest BCUT2D eigenvalue weighted by molar-refractivity contribution is -0.121. The number of aryl methyl sites for hydroxylation is 2. The molecule has 6 nitrogen and oxygen atoms in total. The number of rotatable bonds is 6. The molecule has 118 valence electrons. The zero-order valence-corrected chi connectivity index (χ0v) is 13.1. The molecule has 0 aliphatic carbocycles. The summed E-state index contributed by atoms with van der Waals surface area (Å²) in [5.74, 6) is 0.731. The monoisotopic (exact) mass is 295 g/mol. The summed E-state index contributed by atoms with van der Waals surface area (Å²) in [6.07, 6.45) is 2.36. The molecule has 1 aromatic rings. The van der Waals surface area contributed by atoms with Gasteiger partial charge in [0.1, 0.15) is 5.76 Å². The van der Waals surface area contributed by atoms with E-state index in [-0.39, 0.29) is 11.3 Å². The van der Waals surface area contributed by atoms with Gasteiger partial charge in [0.25, 0.3) is 0 Å². The van der Waals surface area contributed by atoms with Crippen molar-refractivity contribution in [1.82, 2.24) is 15.8 Å². The van der Waals surface area contributed by atoms with Crippen molar-refractivity contribution in [3.63, 3.8) is 0 Å². The van der Waals surface area contributed by atoms with Gasteiger partial charge in [0.05, 0.1) is 18.7 Å². The highest BCUT2D eigenvalue weighted by molar-refractivity contribution is 5.79. The topological polar surface area (TPSA) is 76.4 Å². The SMILES string of the molecule is COCC1(CNC(=O)Cc2c(C)noc2C)CCNCC1. The Balaban J connectivity index is 1.90. The van der Waals surface area contributed by atoms with Gasteiger partial charge in [-0.1, -0.05) is 5.16 Å². The number of nitrogens with zero attached hydrogens (tertiary/aromatic N) is 1. The van der Waals surface area contributed by atoms with Crippen molar-refractivity contribution >= 4 is 5.91 Å². The smallest absolute Gasteiger partial charge is 0.224 e. The maximum absolute atomic E-state index is 12.2. The van der Waals surface area contributed by atoms with Crippen molar-refractivity contribution in [1.29, 1.82) is 0 Å². The second-order valence-electron chi connectivity index (χ2n) is 5.94. The minimum Gasteiger partial charge on any atom is -0.384 e. The Hall–Kier alpha value is -1.40. The second-order valence-corrected chi connectivity index (χ2v) is 5.94.